The summed E-state index contributed by atoms with van der Waals surface area (Å²) in [6, 6.07) is 13.0. The first kappa shape index (κ1) is 33.0. The SMILES string of the molecule is CC(=O)O[C@H]1[C@H](O)[C@@H](O[C@H](C=NCc2ccccc2O)[C@H](CO)O[C@H](O)C=NCc2ccccc2O)O[C@@H](CO)[C@@H]1O. The molecule has 1 heterocycles. The minimum absolute atomic E-state index is 0.00630. The molecule has 7 N–H and O–H groups in total. The van der Waals surface area contributed by atoms with Crippen molar-refractivity contribution in [2.24, 2.45) is 9.98 Å². The highest BCUT2D eigenvalue weighted by Crippen LogP contribution is 2.26. The Kier molecular flexibility index (Phi) is 12.8. The van der Waals surface area contributed by atoms with E-state index in [0.29, 0.717) is 11.1 Å². The summed E-state index contributed by atoms with van der Waals surface area (Å²) in [5.41, 5.74) is 0.973. The molecule has 42 heavy (non-hydrogen) atoms. The lowest BCUT2D eigenvalue weighted by Crippen LogP contribution is -2.61. The second-order valence-corrected chi connectivity index (χ2v) is 9.37. The molecule has 1 aliphatic heterocycles. The monoisotopic (exact) mass is 592 g/mol. The summed E-state index contributed by atoms with van der Waals surface area (Å²) in [5.74, 6) is -0.788. The van der Waals surface area contributed by atoms with Crippen molar-refractivity contribution < 1.29 is 59.5 Å². The van der Waals surface area contributed by atoms with Crippen LogP contribution >= 0.6 is 0 Å². The summed E-state index contributed by atoms with van der Waals surface area (Å²) >= 11 is 0. The number of carbonyl (C=O) groups is 1. The fourth-order valence-corrected chi connectivity index (χ4v) is 4.09. The number of esters is 1. The van der Waals surface area contributed by atoms with Crippen LogP contribution in [0.4, 0.5) is 0 Å². The summed E-state index contributed by atoms with van der Waals surface area (Å²) in [6.07, 6.45) is -9.79. The number of phenols is 2. The van der Waals surface area contributed by atoms with Crippen molar-refractivity contribution in [3.05, 3.63) is 59.7 Å². The Labute approximate surface area is 241 Å². The van der Waals surface area contributed by atoms with Gasteiger partial charge < -0.3 is 54.7 Å². The van der Waals surface area contributed by atoms with Gasteiger partial charge in [0, 0.05) is 24.3 Å². The fraction of sp³-hybridized carbons (Fsp3) is 0.464. The van der Waals surface area contributed by atoms with Crippen LogP contribution in [-0.2, 0) is 36.8 Å². The molecule has 0 unspecified atom stereocenters. The smallest absolute Gasteiger partial charge is 0.303 e. The van der Waals surface area contributed by atoms with Crippen LogP contribution in [0.1, 0.15) is 18.1 Å². The highest BCUT2D eigenvalue weighted by molar-refractivity contribution is 5.66. The van der Waals surface area contributed by atoms with E-state index in [1.54, 1.807) is 36.4 Å². The summed E-state index contributed by atoms with van der Waals surface area (Å²) in [7, 11) is 0. The summed E-state index contributed by atoms with van der Waals surface area (Å²) in [5, 5.41) is 71.3. The molecular weight excluding hydrogens is 556 g/mol. The van der Waals surface area contributed by atoms with E-state index < -0.39 is 68.4 Å². The minimum atomic E-state index is -1.73. The van der Waals surface area contributed by atoms with Gasteiger partial charge in [0.25, 0.3) is 0 Å². The van der Waals surface area contributed by atoms with Gasteiger partial charge in [-0.15, -0.1) is 0 Å². The van der Waals surface area contributed by atoms with Crippen LogP contribution in [0.25, 0.3) is 0 Å². The zero-order chi connectivity index (χ0) is 30.6. The number of nitrogens with zero attached hydrogens (tertiary/aromatic N) is 2. The largest absolute Gasteiger partial charge is 0.508 e. The molecule has 14 heteroatoms. The van der Waals surface area contributed by atoms with E-state index in [9.17, 15) is 40.5 Å². The third kappa shape index (κ3) is 9.27. The molecule has 14 nitrogen and oxygen atoms in total. The van der Waals surface area contributed by atoms with Crippen molar-refractivity contribution in [3.8, 4) is 11.5 Å². The highest BCUT2D eigenvalue weighted by atomic mass is 16.7. The van der Waals surface area contributed by atoms with Crippen LogP contribution in [0.5, 0.6) is 11.5 Å². The van der Waals surface area contributed by atoms with Crippen molar-refractivity contribution in [2.45, 2.75) is 69.2 Å². The summed E-state index contributed by atoms with van der Waals surface area (Å²) in [4.78, 5) is 19.8. The molecule has 0 spiro atoms. The standard InChI is InChI=1S/C28H36N2O12/c1-16(33)39-27-25(37)23(15-32)42-28(26(27)38)41-21(12-29-10-17-6-2-4-8-19(17)34)22(14-31)40-24(36)13-30-11-18-7-3-5-9-20(18)35/h2-9,12-13,21-28,31-32,34-38H,10-11,14-15H2,1H3/t21-,22+,23+,24+,25+,26+,27-,28+/m1/s1. The number of rotatable bonds is 14. The molecule has 2 aromatic rings. The number of ether oxygens (including phenoxy) is 4. The summed E-state index contributed by atoms with van der Waals surface area (Å²) < 4.78 is 21.9. The van der Waals surface area contributed by atoms with Crippen molar-refractivity contribution in [1.82, 2.24) is 0 Å². The Morgan fingerprint density at radius 1 is 0.952 bits per heavy atom. The van der Waals surface area contributed by atoms with Gasteiger partial charge in [0.2, 0.25) is 0 Å². The maximum absolute atomic E-state index is 11.6. The molecule has 3 rings (SSSR count). The van der Waals surface area contributed by atoms with Gasteiger partial charge in [0.15, 0.2) is 18.7 Å². The predicted octanol–water partition coefficient (Wildman–Crippen LogP) is -0.609. The molecule has 0 radical (unpaired) electrons. The molecule has 0 aromatic heterocycles. The number of hydrogen-bond acceptors (Lipinski definition) is 14. The Balaban J connectivity index is 1.79. The molecule has 1 aliphatic rings. The maximum Gasteiger partial charge on any atom is 0.303 e. The number of benzene rings is 2. The van der Waals surface area contributed by atoms with Crippen LogP contribution in [0.15, 0.2) is 58.5 Å². The molecule has 0 amide bonds. The number of aliphatic imine (C=N–C) groups is 2. The van der Waals surface area contributed by atoms with Crippen LogP contribution < -0.4 is 0 Å². The number of aliphatic hydroxyl groups is 5. The average Bonchev–Trinajstić information content (AvgIpc) is 2.96. The number of aliphatic hydroxyl groups excluding tert-OH is 5. The Hall–Kier alpha value is -3.47. The van der Waals surface area contributed by atoms with E-state index in [1.807, 2.05) is 0 Å². The zero-order valence-electron chi connectivity index (χ0n) is 22.8. The molecule has 1 saturated heterocycles. The number of para-hydroxylation sites is 2. The lowest BCUT2D eigenvalue weighted by atomic mass is 9.99. The van der Waals surface area contributed by atoms with Crippen LogP contribution in [0, 0.1) is 0 Å². The van der Waals surface area contributed by atoms with Gasteiger partial charge in [0.05, 0.1) is 32.5 Å². The number of aromatic hydroxyl groups is 2. The molecule has 2 aromatic carbocycles. The molecule has 0 aliphatic carbocycles. The van der Waals surface area contributed by atoms with Gasteiger partial charge in [-0.3, -0.25) is 14.8 Å². The van der Waals surface area contributed by atoms with Crippen molar-refractivity contribution in [3.63, 3.8) is 0 Å². The zero-order valence-corrected chi connectivity index (χ0v) is 22.8. The number of hydrogen-bond donors (Lipinski definition) is 7. The fourth-order valence-electron chi connectivity index (χ4n) is 4.09. The highest BCUT2D eigenvalue weighted by Gasteiger charge is 2.48. The topological polar surface area (TPSA) is 220 Å². The van der Waals surface area contributed by atoms with E-state index >= 15 is 0 Å². The van der Waals surface area contributed by atoms with Gasteiger partial charge in [-0.05, 0) is 12.1 Å². The Morgan fingerprint density at radius 3 is 2.05 bits per heavy atom. The van der Waals surface area contributed by atoms with Gasteiger partial charge in [-0.1, -0.05) is 36.4 Å². The second kappa shape index (κ2) is 16.2. The van der Waals surface area contributed by atoms with E-state index in [2.05, 4.69) is 9.98 Å². The first-order valence-electron chi connectivity index (χ1n) is 13.1. The minimum Gasteiger partial charge on any atom is -0.508 e. The number of phenolic OH excluding ortho intramolecular Hbond substituents is 2. The average molecular weight is 593 g/mol. The first-order valence-corrected chi connectivity index (χ1v) is 13.1. The van der Waals surface area contributed by atoms with Gasteiger partial charge in [-0.2, -0.15) is 0 Å². The van der Waals surface area contributed by atoms with Crippen LogP contribution in [0.2, 0.25) is 0 Å². The lowest BCUT2D eigenvalue weighted by molar-refractivity contribution is -0.315. The quantitative estimate of drug-likeness (QED) is 0.0830. The normalized spacial score (nSPS) is 25.0. The maximum atomic E-state index is 11.6. The third-order valence-corrected chi connectivity index (χ3v) is 6.27. The van der Waals surface area contributed by atoms with Gasteiger partial charge >= 0.3 is 5.97 Å². The Bertz CT molecular complexity index is 1190. The Morgan fingerprint density at radius 2 is 1.52 bits per heavy atom. The van der Waals surface area contributed by atoms with E-state index in [-0.39, 0.29) is 24.6 Å². The third-order valence-electron chi connectivity index (χ3n) is 6.27. The molecular formula is C28H36N2O12. The van der Waals surface area contributed by atoms with Crippen molar-refractivity contribution >= 4 is 18.4 Å². The summed E-state index contributed by atoms with van der Waals surface area (Å²) in [6.45, 7) is -0.338. The first-order chi connectivity index (χ1) is 20.1. The van der Waals surface area contributed by atoms with E-state index in [1.165, 1.54) is 18.3 Å². The molecule has 0 saturated carbocycles. The lowest BCUT2D eigenvalue weighted by Gasteiger charge is -2.42. The van der Waals surface area contributed by atoms with E-state index in [4.69, 9.17) is 18.9 Å². The predicted molar refractivity (Wildman–Crippen MR) is 147 cm³/mol. The van der Waals surface area contributed by atoms with Gasteiger partial charge in [0.1, 0.15) is 42.0 Å². The number of carbonyl (C=O) groups excluding carboxylic acids is 1. The second-order valence-electron chi connectivity index (χ2n) is 9.37. The molecule has 1 fully saturated rings. The molecule has 8 atom stereocenters. The molecule has 0 bridgehead atoms. The van der Waals surface area contributed by atoms with Crippen molar-refractivity contribution in [2.75, 3.05) is 13.2 Å². The van der Waals surface area contributed by atoms with Crippen LogP contribution in [-0.4, -0.2) is 117 Å². The molecule has 230 valence electrons. The van der Waals surface area contributed by atoms with Gasteiger partial charge in [-0.25, -0.2) is 0 Å². The van der Waals surface area contributed by atoms with E-state index in [0.717, 1.165) is 13.1 Å². The van der Waals surface area contributed by atoms with Crippen molar-refractivity contribution in [1.29, 1.82) is 0 Å². The van der Waals surface area contributed by atoms with Crippen LogP contribution in [0.3, 0.4) is 0 Å².